The van der Waals surface area contributed by atoms with E-state index in [1.54, 1.807) is 11.9 Å². The van der Waals surface area contributed by atoms with Gasteiger partial charge in [0.15, 0.2) is 0 Å². The quantitative estimate of drug-likeness (QED) is 0.843. The molecule has 1 atom stereocenters. The van der Waals surface area contributed by atoms with Crippen molar-refractivity contribution in [1.29, 1.82) is 0 Å². The first-order valence-electron chi connectivity index (χ1n) is 5.59. The van der Waals surface area contributed by atoms with E-state index in [4.69, 9.17) is 0 Å². The Morgan fingerprint density at radius 1 is 1.42 bits per heavy atom. The van der Waals surface area contributed by atoms with Gasteiger partial charge in [-0.05, 0) is 17.7 Å². The smallest absolute Gasteiger partial charge is 0.413 e. The Kier molecular flexibility index (Phi) is 3.64. The van der Waals surface area contributed by atoms with E-state index in [0.717, 1.165) is 6.07 Å². The Morgan fingerprint density at radius 3 is 2.63 bits per heavy atom. The fourth-order valence-electron chi connectivity index (χ4n) is 1.92. The van der Waals surface area contributed by atoms with Gasteiger partial charge < -0.3 is 9.64 Å². The number of carbonyl (C=O) groups excluding carboxylic acids is 1. The van der Waals surface area contributed by atoms with Crippen LogP contribution < -0.4 is 5.32 Å². The van der Waals surface area contributed by atoms with Crippen molar-refractivity contribution in [3.05, 3.63) is 35.4 Å². The second-order valence-electron chi connectivity index (χ2n) is 4.11. The number of methoxy groups -OCH3 is 1. The molecule has 7 heteroatoms. The van der Waals surface area contributed by atoms with Gasteiger partial charge in [0.05, 0.1) is 19.7 Å². The number of ether oxygens (including phenoxy) is 1. The molecule has 1 unspecified atom stereocenters. The van der Waals surface area contributed by atoms with Gasteiger partial charge in [0, 0.05) is 13.1 Å². The number of alkyl carbamates (subject to hydrolysis) is 1. The maximum Gasteiger partial charge on any atom is 0.413 e. The molecule has 1 aromatic carbocycles. The molecule has 5 nitrogen and oxygen atoms in total. The highest BCUT2D eigenvalue weighted by Crippen LogP contribution is 2.25. The summed E-state index contributed by atoms with van der Waals surface area (Å²) in [5.74, 6) is -0.975. The predicted molar refractivity (Wildman–Crippen MR) is 64.7 cm³/mol. The Bertz CT molecular complexity index is 513. The molecule has 1 amide bonds. The summed E-state index contributed by atoms with van der Waals surface area (Å²) in [4.78, 5) is 16.8. The van der Waals surface area contributed by atoms with Gasteiger partial charge in [-0.15, -0.1) is 0 Å². The molecule has 1 aliphatic rings. The number of nitrogens with zero attached hydrogens (tertiary/aromatic N) is 2. The molecule has 0 bridgehead atoms. The summed E-state index contributed by atoms with van der Waals surface area (Å²) in [5.41, 5.74) is 0.463. The zero-order chi connectivity index (χ0) is 14.0. The standard InChI is InChI=1S/C12H13F2N3O2/c1-17-10(6-15-11(17)16-12(18)19-2)7-3-8(13)5-9(14)4-7/h3-5,10H,6H2,1-2H3,(H,15,16,18). The monoisotopic (exact) mass is 269 g/mol. The highest BCUT2D eigenvalue weighted by atomic mass is 19.1. The predicted octanol–water partition coefficient (Wildman–Crippen LogP) is 1.66. The molecule has 2 rings (SSSR count). The van der Waals surface area contributed by atoms with Crippen LogP contribution in [0.1, 0.15) is 11.6 Å². The van der Waals surface area contributed by atoms with Gasteiger partial charge in [-0.3, -0.25) is 10.3 Å². The first kappa shape index (κ1) is 13.3. The summed E-state index contributed by atoms with van der Waals surface area (Å²) in [6, 6.07) is 2.99. The van der Waals surface area contributed by atoms with Crippen molar-refractivity contribution in [2.45, 2.75) is 6.04 Å². The van der Waals surface area contributed by atoms with Crippen LogP contribution in [-0.2, 0) is 4.74 Å². The van der Waals surface area contributed by atoms with Gasteiger partial charge in [0.1, 0.15) is 11.6 Å². The van der Waals surface area contributed by atoms with E-state index in [9.17, 15) is 13.6 Å². The minimum atomic E-state index is -0.642. The lowest BCUT2D eigenvalue weighted by atomic mass is 10.1. The van der Waals surface area contributed by atoms with E-state index in [2.05, 4.69) is 15.0 Å². The fraction of sp³-hybridized carbons (Fsp3) is 0.333. The number of benzene rings is 1. The molecule has 1 heterocycles. The van der Waals surface area contributed by atoms with Crippen LogP contribution in [0, 0.1) is 11.6 Å². The minimum Gasteiger partial charge on any atom is -0.453 e. The van der Waals surface area contributed by atoms with Crippen molar-refractivity contribution < 1.29 is 18.3 Å². The zero-order valence-electron chi connectivity index (χ0n) is 10.5. The van der Waals surface area contributed by atoms with Gasteiger partial charge in [0.25, 0.3) is 0 Å². The van der Waals surface area contributed by atoms with Crippen molar-refractivity contribution in [3.63, 3.8) is 0 Å². The Balaban J connectivity index is 2.15. The molecular weight excluding hydrogens is 256 g/mol. The molecule has 0 saturated heterocycles. The largest absolute Gasteiger partial charge is 0.453 e. The normalized spacial score (nSPS) is 18.2. The third kappa shape index (κ3) is 2.81. The van der Waals surface area contributed by atoms with E-state index in [-0.39, 0.29) is 6.04 Å². The number of rotatable bonds is 1. The second kappa shape index (κ2) is 5.21. The molecule has 0 spiro atoms. The Morgan fingerprint density at radius 2 is 2.05 bits per heavy atom. The SMILES string of the molecule is COC(=O)NC1=NCC(c2cc(F)cc(F)c2)N1C. The van der Waals surface area contributed by atoms with Gasteiger partial charge in [-0.2, -0.15) is 0 Å². The van der Waals surface area contributed by atoms with Gasteiger partial charge in [0.2, 0.25) is 5.96 Å². The van der Waals surface area contributed by atoms with Crippen molar-refractivity contribution in [1.82, 2.24) is 10.2 Å². The highest BCUT2D eigenvalue weighted by Gasteiger charge is 2.27. The molecule has 102 valence electrons. The van der Waals surface area contributed by atoms with E-state index < -0.39 is 17.7 Å². The fourth-order valence-corrected chi connectivity index (χ4v) is 1.92. The number of amides is 1. The van der Waals surface area contributed by atoms with Crippen LogP contribution in [0.4, 0.5) is 13.6 Å². The summed E-state index contributed by atoms with van der Waals surface area (Å²) < 4.78 is 30.8. The molecule has 1 aliphatic heterocycles. The van der Waals surface area contributed by atoms with Gasteiger partial charge in [-0.25, -0.2) is 13.6 Å². The average Bonchev–Trinajstić information content (AvgIpc) is 2.69. The number of likely N-dealkylation sites (N-methyl/N-ethyl adjacent to an activating group) is 1. The van der Waals surface area contributed by atoms with Crippen LogP contribution >= 0.6 is 0 Å². The van der Waals surface area contributed by atoms with Crippen LogP contribution in [0.15, 0.2) is 23.2 Å². The molecule has 0 saturated carbocycles. The second-order valence-corrected chi connectivity index (χ2v) is 4.11. The molecule has 0 aliphatic carbocycles. The van der Waals surface area contributed by atoms with E-state index in [1.807, 2.05) is 0 Å². The molecule has 1 N–H and O–H groups in total. The summed E-state index contributed by atoms with van der Waals surface area (Å²) >= 11 is 0. The highest BCUT2D eigenvalue weighted by molar-refractivity contribution is 5.94. The van der Waals surface area contributed by atoms with Crippen LogP contribution in [0.3, 0.4) is 0 Å². The Labute approximate surface area is 108 Å². The van der Waals surface area contributed by atoms with Crippen molar-refractivity contribution in [2.24, 2.45) is 4.99 Å². The number of guanidine groups is 1. The first-order valence-corrected chi connectivity index (χ1v) is 5.59. The van der Waals surface area contributed by atoms with E-state index >= 15 is 0 Å². The third-order valence-electron chi connectivity index (χ3n) is 2.88. The maximum atomic E-state index is 13.2. The lowest BCUT2D eigenvalue weighted by molar-refractivity contribution is 0.175. The summed E-state index contributed by atoms with van der Waals surface area (Å²) in [6.07, 6.45) is -0.642. The number of hydrogen-bond acceptors (Lipinski definition) is 4. The topological polar surface area (TPSA) is 53.9 Å². The number of nitrogens with one attached hydrogen (secondary N) is 1. The van der Waals surface area contributed by atoms with E-state index in [0.29, 0.717) is 18.1 Å². The van der Waals surface area contributed by atoms with Crippen LogP contribution in [-0.4, -0.2) is 37.7 Å². The molecule has 1 aromatic rings. The number of carbonyl (C=O) groups is 1. The lowest BCUT2D eigenvalue weighted by Crippen LogP contribution is -2.40. The van der Waals surface area contributed by atoms with E-state index in [1.165, 1.54) is 19.2 Å². The summed E-state index contributed by atoms with van der Waals surface area (Å²) in [5, 5.41) is 2.43. The van der Waals surface area contributed by atoms with Gasteiger partial charge in [-0.1, -0.05) is 0 Å². The number of aliphatic imine (C=N–C) groups is 1. The zero-order valence-corrected chi connectivity index (χ0v) is 10.5. The van der Waals surface area contributed by atoms with Crippen LogP contribution in [0.5, 0.6) is 0 Å². The minimum absolute atomic E-state index is 0.304. The van der Waals surface area contributed by atoms with Crippen LogP contribution in [0.25, 0.3) is 0 Å². The molecule has 0 fully saturated rings. The molecule has 19 heavy (non-hydrogen) atoms. The van der Waals surface area contributed by atoms with Crippen molar-refractivity contribution in [2.75, 3.05) is 20.7 Å². The van der Waals surface area contributed by atoms with Crippen LogP contribution in [0.2, 0.25) is 0 Å². The molecule has 0 aromatic heterocycles. The summed E-state index contributed by atoms with van der Waals surface area (Å²) in [7, 11) is 2.92. The first-order chi connectivity index (χ1) is 9.01. The Hall–Kier alpha value is -2.18. The lowest BCUT2D eigenvalue weighted by Gasteiger charge is -2.23. The molecular formula is C12H13F2N3O2. The third-order valence-corrected chi connectivity index (χ3v) is 2.88. The average molecular weight is 269 g/mol. The number of hydrogen-bond donors (Lipinski definition) is 1. The maximum absolute atomic E-state index is 13.2. The van der Waals surface area contributed by atoms with Crippen molar-refractivity contribution >= 4 is 12.1 Å². The summed E-state index contributed by atoms with van der Waals surface area (Å²) in [6.45, 7) is 0.304. The van der Waals surface area contributed by atoms with Crippen molar-refractivity contribution in [3.8, 4) is 0 Å². The van der Waals surface area contributed by atoms with Gasteiger partial charge >= 0.3 is 6.09 Å². The number of halogens is 2. The molecule has 0 radical (unpaired) electrons.